The van der Waals surface area contributed by atoms with Gasteiger partial charge in [-0.1, -0.05) is 48.2 Å². The standard InChI is InChI=1S/2C27H25ClFN5O5S/c2*1-30-25(35)18-4-3-5-23(18)34-14-32-21-8-6-15(10-19(21)27(34)36)16-11-22(26(39-2)31-13-16)33-40(37,38)24-9-7-17(29)12-20(24)28/h2*6-14,18,23,33H,3-5H2,1-2H3,(H,30,35)/t2*18-,23-/m10/s1. The molecule has 2 saturated carbocycles. The number of rotatable bonds is 14. The third kappa shape index (κ3) is 11.5. The molecular weight excluding hydrogens is 1120 g/mol. The van der Waals surface area contributed by atoms with Crippen molar-refractivity contribution in [2.24, 2.45) is 11.8 Å². The van der Waals surface area contributed by atoms with Crippen LogP contribution in [0.2, 0.25) is 10.0 Å². The zero-order chi connectivity index (χ0) is 57.2. The molecule has 2 amide bonds. The van der Waals surface area contributed by atoms with Crippen LogP contribution in [0.5, 0.6) is 11.8 Å². The summed E-state index contributed by atoms with van der Waals surface area (Å²) in [5.74, 6) is -2.20. The second-order valence-electron chi connectivity index (χ2n) is 18.7. The van der Waals surface area contributed by atoms with Gasteiger partial charge in [0.15, 0.2) is 0 Å². The Labute approximate surface area is 466 Å². The fourth-order valence-electron chi connectivity index (χ4n) is 10.1. The summed E-state index contributed by atoms with van der Waals surface area (Å²) in [5.41, 5.74) is 2.58. The van der Waals surface area contributed by atoms with Gasteiger partial charge in [-0.15, -0.1) is 0 Å². The van der Waals surface area contributed by atoms with Crippen LogP contribution in [-0.4, -0.2) is 86.0 Å². The second kappa shape index (κ2) is 23.3. The van der Waals surface area contributed by atoms with Crippen molar-refractivity contribution in [1.29, 1.82) is 0 Å². The van der Waals surface area contributed by atoms with Crippen molar-refractivity contribution in [3.8, 4) is 34.0 Å². The van der Waals surface area contributed by atoms with Crippen LogP contribution in [0.4, 0.5) is 20.2 Å². The number of nitrogens with zero attached hydrogens (tertiary/aromatic N) is 6. The number of methoxy groups -OCH3 is 2. The summed E-state index contributed by atoms with van der Waals surface area (Å²) in [6.45, 7) is 0. The molecule has 2 aliphatic rings. The molecule has 80 heavy (non-hydrogen) atoms. The molecule has 0 radical (unpaired) electrons. The summed E-state index contributed by atoms with van der Waals surface area (Å²) in [6, 6.07) is 18.5. The zero-order valence-electron chi connectivity index (χ0n) is 43.0. The van der Waals surface area contributed by atoms with E-state index >= 15 is 0 Å². The zero-order valence-corrected chi connectivity index (χ0v) is 46.2. The van der Waals surface area contributed by atoms with Gasteiger partial charge in [-0.25, -0.2) is 45.6 Å². The number of ether oxygens (including phenoxy) is 2. The number of sulfonamides is 2. The lowest BCUT2D eigenvalue weighted by molar-refractivity contribution is -0.126. The molecular formula is C54H50Cl2F2N10O10S2. The highest BCUT2D eigenvalue weighted by Gasteiger charge is 2.36. The first kappa shape index (κ1) is 56.7. The van der Waals surface area contributed by atoms with Crippen LogP contribution in [-0.2, 0) is 29.6 Å². The Morgan fingerprint density at radius 1 is 0.562 bits per heavy atom. The van der Waals surface area contributed by atoms with E-state index in [2.05, 4.69) is 40.0 Å². The van der Waals surface area contributed by atoms with Crippen LogP contribution < -0.4 is 40.7 Å². The number of hydrogen-bond donors (Lipinski definition) is 4. The van der Waals surface area contributed by atoms with Gasteiger partial charge in [-0.2, -0.15) is 0 Å². The van der Waals surface area contributed by atoms with Gasteiger partial charge in [0, 0.05) is 49.7 Å². The van der Waals surface area contributed by atoms with Crippen LogP contribution in [0.15, 0.2) is 129 Å². The topological polar surface area (TPSA) is 265 Å². The summed E-state index contributed by atoms with van der Waals surface area (Å²) in [7, 11) is -2.62. The van der Waals surface area contributed by atoms with E-state index in [0.717, 1.165) is 49.2 Å². The van der Waals surface area contributed by atoms with Gasteiger partial charge < -0.3 is 20.1 Å². The van der Waals surface area contributed by atoms with E-state index in [0.29, 0.717) is 69.7 Å². The van der Waals surface area contributed by atoms with Crippen molar-refractivity contribution in [3.63, 3.8) is 0 Å². The van der Waals surface area contributed by atoms with Crippen molar-refractivity contribution in [2.45, 2.75) is 60.4 Å². The van der Waals surface area contributed by atoms with Crippen molar-refractivity contribution in [3.05, 3.63) is 152 Å². The number of carbonyl (C=O) groups is 2. The number of pyridine rings is 2. The van der Waals surface area contributed by atoms with E-state index in [9.17, 15) is 44.8 Å². The van der Waals surface area contributed by atoms with Crippen molar-refractivity contribution in [2.75, 3.05) is 37.8 Å². The maximum Gasteiger partial charge on any atom is 0.263 e. The molecule has 4 heterocycles. The van der Waals surface area contributed by atoms with Gasteiger partial charge in [-0.3, -0.25) is 37.8 Å². The highest BCUT2D eigenvalue weighted by Crippen LogP contribution is 2.38. The Balaban J connectivity index is 0.000000194. The molecule has 4 atom stereocenters. The highest BCUT2D eigenvalue weighted by atomic mass is 35.5. The molecule has 0 bridgehead atoms. The van der Waals surface area contributed by atoms with Crippen LogP contribution >= 0.6 is 23.2 Å². The largest absolute Gasteiger partial charge is 0.480 e. The second-order valence-corrected chi connectivity index (χ2v) is 22.9. The monoisotopic (exact) mass is 1170 g/mol. The van der Waals surface area contributed by atoms with Crippen molar-refractivity contribution in [1.82, 2.24) is 39.7 Å². The SMILES string of the molecule is CNC(=O)[C@@H]1CCC[C@H]1n1cnc2ccc(-c3cnc(OC)c(NS(=O)(=O)c4ccc(F)cc4Cl)c3)cc2c1=O.CNC(=O)[C@H]1CCC[C@@H]1n1cnc2ccc(-c3cnc(OC)c(NS(=O)(=O)c4ccc(F)cc4Cl)c3)cc2c1=O. The normalized spacial score (nSPS) is 17.1. The van der Waals surface area contributed by atoms with Gasteiger partial charge in [0.25, 0.3) is 31.2 Å². The number of hydrogen-bond acceptors (Lipinski definition) is 14. The predicted octanol–water partition coefficient (Wildman–Crippen LogP) is 8.30. The molecule has 26 heteroatoms. The Kier molecular flexibility index (Phi) is 16.5. The van der Waals surface area contributed by atoms with Gasteiger partial charge >= 0.3 is 0 Å². The van der Waals surface area contributed by atoms with Crippen molar-refractivity contribution >= 4 is 88.2 Å². The average molecular weight is 1170 g/mol. The predicted molar refractivity (Wildman–Crippen MR) is 297 cm³/mol. The molecule has 2 fully saturated rings. The summed E-state index contributed by atoms with van der Waals surface area (Å²) in [6.07, 6.45) is 10.3. The first-order valence-electron chi connectivity index (χ1n) is 24.7. The molecule has 0 unspecified atom stereocenters. The first-order chi connectivity index (χ1) is 38.2. The summed E-state index contributed by atoms with van der Waals surface area (Å²) in [5, 5.41) is 5.48. The third-order valence-corrected chi connectivity index (χ3v) is 17.7. The minimum atomic E-state index is -4.23. The molecule has 0 saturated heterocycles. The maximum absolute atomic E-state index is 13.5. The summed E-state index contributed by atoms with van der Waals surface area (Å²) in [4.78, 5) is 68.6. The van der Waals surface area contributed by atoms with Crippen molar-refractivity contribution < 1.29 is 44.7 Å². The lowest BCUT2D eigenvalue weighted by Gasteiger charge is -2.20. The highest BCUT2D eigenvalue weighted by molar-refractivity contribution is 7.93. The molecule has 2 aliphatic carbocycles. The van der Waals surface area contributed by atoms with E-state index in [1.807, 2.05) is 0 Å². The van der Waals surface area contributed by atoms with Gasteiger partial charge in [0.2, 0.25) is 23.6 Å². The van der Waals surface area contributed by atoms with E-state index in [-0.39, 0.29) is 89.8 Å². The number of carbonyl (C=O) groups excluding carboxylic acids is 2. The molecule has 8 aromatic rings. The fraction of sp³-hybridized carbons (Fsp3) is 0.259. The van der Waals surface area contributed by atoms with E-state index in [4.69, 9.17) is 32.7 Å². The first-order valence-corrected chi connectivity index (χ1v) is 28.5. The Hall–Kier alpha value is -8.06. The smallest absolute Gasteiger partial charge is 0.263 e. The lowest BCUT2D eigenvalue weighted by Crippen LogP contribution is -2.35. The van der Waals surface area contributed by atoms with Crippen LogP contribution in [0.25, 0.3) is 44.1 Å². The number of fused-ring (bicyclic) bond motifs is 2. The quantitative estimate of drug-likeness (QED) is 0.0798. The number of amides is 2. The average Bonchev–Trinajstić information content (AvgIpc) is 4.17. The number of halogens is 4. The van der Waals surface area contributed by atoms with Crippen LogP contribution in [0, 0.1) is 23.5 Å². The van der Waals surface area contributed by atoms with E-state index in [1.165, 1.54) is 60.5 Å². The molecule has 4 N–H and O–H groups in total. The minimum absolute atomic E-state index is 0.00292. The molecule has 0 spiro atoms. The van der Waals surface area contributed by atoms with E-state index in [1.54, 1.807) is 50.5 Å². The summed E-state index contributed by atoms with van der Waals surface area (Å²) < 4.78 is 97.5. The molecule has 20 nitrogen and oxygen atoms in total. The van der Waals surface area contributed by atoms with Crippen LogP contribution in [0.3, 0.4) is 0 Å². The summed E-state index contributed by atoms with van der Waals surface area (Å²) >= 11 is 12.0. The number of benzene rings is 4. The third-order valence-electron chi connectivity index (χ3n) is 14.0. The Morgan fingerprint density at radius 2 is 0.963 bits per heavy atom. The Bertz CT molecular complexity index is 3850. The fourth-order valence-corrected chi connectivity index (χ4v) is 13.3. The van der Waals surface area contributed by atoms with Gasteiger partial charge in [-0.05, 0) is 110 Å². The maximum atomic E-state index is 13.5. The van der Waals surface area contributed by atoms with Gasteiger partial charge in [0.05, 0.1) is 70.6 Å². The van der Waals surface area contributed by atoms with Crippen LogP contribution in [0.1, 0.15) is 50.6 Å². The minimum Gasteiger partial charge on any atom is -0.480 e. The lowest BCUT2D eigenvalue weighted by atomic mass is 10.0. The molecule has 4 aromatic carbocycles. The number of nitrogens with one attached hydrogen (secondary N) is 4. The Morgan fingerprint density at radius 3 is 1.32 bits per heavy atom. The molecule has 0 aliphatic heterocycles. The van der Waals surface area contributed by atoms with Gasteiger partial charge in [0.1, 0.15) is 32.8 Å². The number of aromatic nitrogens is 6. The molecule has 4 aromatic heterocycles. The van der Waals surface area contributed by atoms with E-state index < -0.39 is 31.7 Å². The number of anilines is 2. The molecule has 416 valence electrons. The molecule has 10 rings (SSSR count).